The second-order valence-electron chi connectivity index (χ2n) is 20.6. The number of rotatable bonds is 6. The molecule has 0 spiro atoms. The second kappa shape index (κ2) is 30.6. The first-order valence-electron chi connectivity index (χ1n) is 25.8. The monoisotopic (exact) mass is 1090 g/mol. The first-order valence-corrected chi connectivity index (χ1v) is 25.8. The van der Waals surface area contributed by atoms with Crippen LogP contribution >= 0.6 is 0 Å². The van der Waals surface area contributed by atoms with Crippen molar-refractivity contribution < 1.29 is 110 Å². The van der Waals surface area contributed by atoms with Crippen LogP contribution in [0.25, 0.3) is 0 Å². The Kier molecular flexibility index (Phi) is 26.2. The van der Waals surface area contributed by atoms with E-state index >= 15 is 0 Å². The van der Waals surface area contributed by atoms with Gasteiger partial charge in [0.15, 0.2) is 12.1 Å². The first-order chi connectivity index (χ1) is 35.7. The molecule has 23 heteroatoms. The smallest absolute Gasteiger partial charge is 0.311 e. The van der Waals surface area contributed by atoms with Crippen LogP contribution in [-0.4, -0.2) is 223 Å². The minimum Gasteiger partial charge on any atom is -0.481 e. The van der Waals surface area contributed by atoms with Crippen molar-refractivity contribution in [3.8, 4) is 0 Å². The van der Waals surface area contributed by atoms with Gasteiger partial charge in [0.2, 0.25) is 5.79 Å². The van der Waals surface area contributed by atoms with Crippen molar-refractivity contribution in [2.45, 2.75) is 201 Å². The number of carboxylic acids is 1. The minimum absolute atomic E-state index is 0.144. The lowest BCUT2D eigenvalue weighted by molar-refractivity contribution is -0.323. The number of ether oxygens (including phenoxy) is 5. The summed E-state index contributed by atoms with van der Waals surface area (Å²) in [7, 11) is 0. The molecule has 0 unspecified atom stereocenters. The highest BCUT2D eigenvalue weighted by atomic mass is 16.7. The Bertz CT molecular complexity index is 2000. The van der Waals surface area contributed by atoms with Gasteiger partial charge in [-0.05, 0) is 33.1 Å². The highest BCUT2D eigenvalue weighted by Crippen LogP contribution is 2.38. The number of carboxylic acid groups (broad SMARTS) is 1. The van der Waals surface area contributed by atoms with Gasteiger partial charge in [-0.25, -0.2) is 0 Å². The fourth-order valence-corrected chi connectivity index (χ4v) is 9.49. The Morgan fingerprint density at radius 1 is 0.645 bits per heavy atom. The highest BCUT2D eigenvalue weighted by Gasteiger charge is 2.53. The van der Waals surface area contributed by atoms with Crippen molar-refractivity contribution >= 4 is 11.9 Å². The largest absolute Gasteiger partial charge is 0.481 e. The number of fused-ring (bicyclic) bond motifs is 2. The first kappa shape index (κ1) is 64.9. The number of esters is 1. The van der Waals surface area contributed by atoms with E-state index in [9.17, 15) is 86.2 Å². The van der Waals surface area contributed by atoms with Gasteiger partial charge in [0.05, 0.1) is 92.8 Å². The van der Waals surface area contributed by atoms with Gasteiger partial charge in [-0.2, -0.15) is 0 Å². The Morgan fingerprint density at radius 2 is 1.24 bits per heavy atom. The molecule has 76 heavy (non-hydrogen) atoms. The van der Waals surface area contributed by atoms with Crippen LogP contribution in [0.3, 0.4) is 0 Å². The fourth-order valence-electron chi connectivity index (χ4n) is 9.49. The van der Waals surface area contributed by atoms with E-state index < -0.39 is 191 Å². The molecule has 0 radical (unpaired) electrons. The van der Waals surface area contributed by atoms with E-state index in [0.29, 0.717) is 0 Å². The molecule has 0 aliphatic carbocycles. The third-order valence-electron chi connectivity index (χ3n) is 14.2. The van der Waals surface area contributed by atoms with E-state index in [-0.39, 0.29) is 25.2 Å². The summed E-state index contributed by atoms with van der Waals surface area (Å²) in [5, 5.41) is 165. The third-order valence-corrected chi connectivity index (χ3v) is 14.2. The van der Waals surface area contributed by atoms with Crippen LogP contribution in [0, 0.1) is 17.8 Å². The van der Waals surface area contributed by atoms with E-state index in [0.717, 1.165) is 0 Å². The van der Waals surface area contributed by atoms with Crippen LogP contribution < -0.4 is 5.32 Å². The number of allylic oxidation sites excluding steroid dienone is 12. The molecular formula is C53H83NO22. The SMILES string of the molecule is C[C@@H]1[C@H](O)[C@@H](C)\C=C/C=C/C=C/C=C/C=C/C=C/C=C/[C@H](O[C@@H]2O[C@H](C)[C@@H](O)[C@H](NC[C@@]3(O)OC[C@@H](O)[C@@H](O)[C@@H]3O)[C@@H]2O)C[C@@H]2O[C@](O)(C[C@@H](O)C[C@@H](O)[C@H](O)CC[C@@H](O)C[C@@H](O)CC(=O)O[C@H]1C)C[C@H](O)[C@H]2C(=O)O. The van der Waals surface area contributed by atoms with Crippen molar-refractivity contribution in [1.82, 2.24) is 5.32 Å². The molecule has 23 nitrogen and oxygen atoms in total. The zero-order valence-corrected chi connectivity index (χ0v) is 43.3. The molecular weight excluding hydrogens is 1000 g/mol. The molecule has 0 aromatic heterocycles. The van der Waals surface area contributed by atoms with Crippen molar-refractivity contribution in [1.29, 1.82) is 0 Å². The topological polar surface area (TPSA) is 396 Å². The number of hydrogen-bond donors (Lipinski definition) is 16. The Hall–Kier alpha value is -3.64. The Morgan fingerprint density at radius 3 is 1.84 bits per heavy atom. The number of aliphatic hydroxyl groups is 14. The molecule has 0 aromatic rings. The number of carbonyl (C=O) groups is 2. The molecule has 4 heterocycles. The van der Waals surface area contributed by atoms with E-state index in [1.54, 1.807) is 86.8 Å². The van der Waals surface area contributed by atoms with Gasteiger partial charge in [0.25, 0.3) is 0 Å². The molecule has 16 N–H and O–H groups in total. The normalized spacial score (nSPS) is 46.8. The number of cyclic esters (lactones) is 1. The molecule has 0 saturated carbocycles. The fraction of sp³-hybridized carbons (Fsp3) is 0.698. The summed E-state index contributed by atoms with van der Waals surface area (Å²) in [6.07, 6.45) is -4.47. The van der Waals surface area contributed by atoms with Crippen LogP contribution in [-0.2, 0) is 33.3 Å². The van der Waals surface area contributed by atoms with Crippen LogP contribution in [0.1, 0.15) is 79.1 Å². The Labute approximate surface area is 442 Å². The zero-order valence-electron chi connectivity index (χ0n) is 43.3. The molecule has 0 aromatic carbocycles. The molecule has 0 amide bonds. The van der Waals surface area contributed by atoms with E-state index in [4.69, 9.17) is 23.7 Å². The van der Waals surface area contributed by atoms with Gasteiger partial charge in [-0.1, -0.05) is 98.9 Å². The summed E-state index contributed by atoms with van der Waals surface area (Å²) >= 11 is 0. The van der Waals surface area contributed by atoms with E-state index in [1.165, 1.54) is 19.1 Å². The van der Waals surface area contributed by atoms with Gasteiger partial charge in [-0.15, -0.1) is 0 Å². The van der Waals surface area contributed by atoms with Gasteiger partial charge in [-0.3, -0.25) is 9.59 Å². The van der Waals surface area contributed by atoms with Crippen molar-refractivity contribution in [2.75, 3.05) is 13.2 Å². The van der Waals surface area contributed by atoms with Gasteiger partial charge >= 0.3 is 11.9 Å². The number of carbonyl (C=O) groups excluding carboxylic acids is 1. The second-order valence-corrected chi connectivity index (χ2v) is 20.6. The van der Waals surface area contributed by atoms with Gasteiger partial charge in [0.1, 0.15) is 36.4 Å². The van der Waals surface area contributed by atoms with Gasteiger partial charge < -0.3 is 106 Å². The zero-order chi connectivity index (χ0) is 56.5. The lowest BCUT2D eigenvalue weighted by atomic mass is 9.82. The summed E-state index contributed by atoms with van der Waals surface area (Å²) in [6, 6.07) is -1.36. The molecule has 432 valence electrons. The van der Waals surface area contributed by atoms with Crippen LogP contribution in [0.5, 0.6) is 0 Å². The molecule has 4 rings (SSSR count). The quantitative estimate of drug-likeness (QED) is 0.130. The van der Waals surface area contributed by atoms with Crippen molar-refractivity contribution in [3.63, 3.8) is 0 Å². The maximum atomic E-state index is 12.7. The maximum absolute atomic E-state index is 12.7. The maximum Gasteiger partial charge on any atom is 0.311 e. The summed E-state index contributed by atoms with van der Waals surface area (Å²) in [6.45, 7) is 5.38. The number of hydrogen-bond acceptors (Lipinski definition) is 22. The summed E-state index contributed by atoms with van der Waals surface area (Å²) in [5.41, 5.74) is 0. The predicted molar refractivity (Wildman–Crippen MR) is 270 cm³/mol. The molecule has 3 saturated heterocycles. The number of aliphatic carboxylic acids is 1. The van der Waals surface area contributed by atoms with Crippen molar-refractivity contribution in [2.24, 2.45) is 17.8 Å². The average Bonchev–Trinajstić information content (AvgIpc) is 3.33. The molecule has 2 bridgehead atoms. The third kappa shape index (κ3) is 19.6. The standard InChI is InChI=1S/C53H83NO22/c1-29-17-15-13-11-9-7-5-6-8-10-12-14-16-18-36(75-51-48(66)44(46(64)32(4)74-51)54-28-53(71)49(67)47(65)40(61)27-72-53)24-41-43(50(68)69)39(60)26-52(70,76-41)25-35(57)22-38(59)37(58)20-19-33(55)21-34(56)23-42(62)73-31(3)30(2)45(29)63/h5-18,29-41,43-49,51,54-61,63-67,70-71H,19-28H2,1-4H3,(H,68,69)/b6-5+,9-7+,10-8+,13-11+,14-12+,17-15-,18-16+/t29-,30-,31-,32+,33+,34+,35-,36-,37+,38+,39-,40+,41-,43+,44-,45+,46+,47+,48-,49-,51-,52+,53+/m0/s1. The number of nitrogens with one attached hydrogen (secondary N) is 1. The summed E-state index contributed by atoms with van der Waals surface area (Å²) in [4.78, 5) is 25.4. The van der Waals surface area contributed by atoms with Crippen molar-refractivity contribution in [3.05, 3.63) is 85.1 Å². The predicted octanol–water partition coefficient (Wildman–Crippen LogP) is -1.86. The minimum atomic E-state index is -2.47. The average molecular weight is 1090 g/mol. The number of aliphatic hydroxyl groups excluding tert-OH is 12. The van der Waals surface area contributed by atoms with Gasteiger partial charge in [0, 0.05) is 37.5 Å². The molecule has 23 atom stereocenters. The van der Waals surface area contributed by atoms with Crippen LogP contribution in [0.15, 0.2) is 85.1 Å². The van der Waals surface area contributed by atoms with Crippen LogP contribution in [0.4, 0.5) is 0 Å². The Balaban J connectivity index is 1.59. The molecule has 4 aliphatic heterocycles. The highest BCUT2D eigenvalue weighted by molar-refractivity contribution is 5.71. The lowest BCUT2D eigenvalue weighted by Gasteiger charge is -2.46. The summed E-state index contributed by atoms with van der Waals surface area (Å²) < 4.78 is 28.7. The summed E-state index contributed by atoms with van der Waals surface area (Å²) in [5.74, 6) is -9.65. The molecule has 4 aliphatic rings. The molecule has 3 fully saturated rings. The lowest BCUT2D eigenvalue weighted by Crippen LogP contribution is -2.69. The van der Waals surface area contributed by atoms with Crippen LogP contribution in [0.2, 0.25) is 0 Å². The van der Waals surface area contributed by atoms with E-state index in [1.807, 2.05) is 6.92 Å². The van der Waals surface area contributed by atoms with E-state index in [2.05, 4.69) is 5.32 Å².